The summed E-state index contributed by atoms with van der Waals surface area (Å²) in [4.78, 5) is 27.6. The molecule has 0 saturated carbocycles. The van der Waals surface area contributed by atoms with Crippen molar-refractivity contribution in [2.45, 2.75) is 78.4 Å². The maximum absolute atomic E-state index is 12.2. The van der Waals surface area contributed by atoms with Gasteiger partial charge in [-0.25, -0.2) is 0 Å². The third-order valence-corrected chi connectivity index (χ3v) is 7.41. The fraction of sp³-hybridized carbons (Fsp3) is 0.471. The fourth-order valence-electron chi connectivity index (χ4n) is 4.34. The van der Waals surface area contributed by atoms with E-state index < -0.39 is 11.2 Å². The molecule has 0 aliphatic carbocycles. The Morgan fingerprint density at radius 1 is 0.829 bits per heavy atom. The van der Waals surface area contributed by atoms with E-state index in [4.69, 9.17) is 11.5 Å². The zero-order chi connectivity index (χ0) is 31.1. The Hall–Kier alpha value is -3.10. The number of amides is 2. The molecule has 2 aromatic rings. The van der Waals surface area contributed by atoms with Gasteiger partial charge in [-0.1, -0.05) is 59.7 Å². The molecule has 2 atom stereocenters. The van der Waals surface area contributed by atoms with Crippen LogP contribution in [0.5, 0.6) is 0 Å². The molecule has 0 aromatic heterocycles. The average molecular weight is 624 g/mol. The first-order valence-corrected chi connectivity index (χ1v) is 14.6. The molecule has 0 spiro atoms. The largest absolute Gasteiger partial charge is 0.378 e. The van der Waals surface area contributed by atoms with Crippen molar-refractivity contribution in [1.82, 2.24) is 0 Å². The summed E-state index contributed by atoms with van der Waals surface area (Å²) < 4.78 is 1.02. The van der Waals surface area contributed by atoms with Crippen LogP contribution in [0.3, 0.4) is 0 Å². The van der Waals surface area contributed by atoms with Crippen molar-refractivity contribution in [2.75, 3.05) is 23.9 Å². The lowest BCUT2D eigenvalue weighted by molar-refractivity contribution is -0.122. The monoisotopic (exact) mass is 622 g/mol. The summed E-state index contributed by atoms with van der Waals surface area (Å²) in [6.07, 6.45) is 8.52. The van der Waals surface area contributed by atoms with Crippen LogP contribution in [0.25, 0.3) is 0 Å². The van der Waals surface area contributed by atoms with Crippen LogP contribution in [0.2, 0.25) is 0 Å². The Bertz CT molecular complexity index is 1350. The molecule has 2 N–H and O–H groups in total. The number of aliphatic hydroxyl groups is 2. The molecule has 7 heteroatoms. The minimum Gasteiger partial charge on any atom is -0.378 e. The molecule has 0 fully saturated rings. The van der Waals surface area contributed by atoms with Crippen molar-refractivity contribution in [3.8, 4) is 24.2 Å². The smallest absolute Gasteiger partial charge is 0.229 e. The minimum atomic E-state index is -1.01. The molecule has 2 aliphatic heterocycles. The zero-order valence-electron chi connectivity index (χ0n) is 25.5. The second kappa shape index (κ2) is 14.2. The molecule has 0 unspecified atom stereocenters. The quantitative estimate of drug-likeness (QED) is 0.367. The van der Waals surface area contributed by atoms with Gasteiger partial charge in [0, 0.05) is 47.3 Å². The summed E-state index contributed by atoms with van der Waals surface area (Å²) in [5.41, 5.74) is 3.29. The SMILES string of the molecule is C#CC(C)(C)O.C[C@H]1CCc2ccc(Br)cc2N(C)C1=O.C[C@H]1CCc2ccc(C#CC(C)(C)O)cc2N(C)C1=O. The second-order valence-corrected chi connectivity index (χ2v) is 12.7. The van der Waals surface area contributed by atoms with Gasteiger partial charge < -0.3 is 20.0 Å². The summed E-state index contributed by atoms with van der Waals surface area (Å²) in [5, 5.41) is 18.2. The van der Waals surface area contributed by atoms with E-state index in [9.17, 15) is 14.7 Å². The first-order chi connectivity index (χ1) is 18.9. The Balaban J connectivity index is 0.000000246. The van der Waals surface area contributed by atoms with E-state index in [1.165, 1.54) is 11.1 Å². The molecule has 2 aromatic carbocycles. The Morgan fingerprint density at radius 3 is 1.71 bits per heavy atom. The third-order valence-electron chi connectivity index (χ3n) is 6.92. The zero-order valence-corrected chi connectivity index (χ0v) is 27.1. The van der Waals surface area contributed by atoms with Crippen molar-refractivity contribution < 1.29 is 19.8 Å². The van der Waals surface area contributed by atoms with E-state index in [1.54, 1.807) is 37.5 Å². The van der Waals surface area contributed by atoms with Crippen LogP contribution >= 0.6 is 15.9 Å². The highest BCUT2D eigenvalue weighted by Gasteiger charge is 2.25. The van der Waals surface area contributed by atoms with Crippen LogP contribution in [-0.2, 0) is 22.4 Å². The first-order valence-electron chi connectivity index (χ1n) is 13.9. The number of aryl methyl sites for hydroxylation is 2. The summed E-state index contributed by atoms with van der Waals surface area (Å²) >= 11 is 3.44. The van der Waals surface area contributed by atoms with Gasteiger partial charge in [-0.15, -0.1) is 6.42 Å². The molecule has 2 amide bonds. The number of terminal acetylenes is 1. The van der Waals surface area contributed by atoms with E-state index in [0.717, 1.165) is 47.1 Å². The number of hydrogen-bond donors (Lipinski definition) is 2. The maximum Gasteiger partial charge on any atom is 0.229 e. The highest BCUT2D eigenvalue weighted by atomic mass is 79.9. The number of fused-ring (bicyclic) bond motifs is 2. The van der Waals surface area contributed by atoms with Crippen LogP contribution in [-0.4, -0.2) is 47.3 Å². The number of hydrogen-bond acceptors (Lipinski definition) is 4. The van der Waals surface area contributed by atoms with Crippen molar-refractivity contribution >= 4 is 39.1 Å². The lowest BCUT2D eigenvalue weighted by Gasteiger charge is -2.19. The van der Waals surface area contributed by atoms with Gasteiger partial charge in [-0.3, -0.25) is 9.59 Å². The van der Waals surface area contributed by atoms with Gasteiger partial charge >= 0.3 is 0 Å². The number of nitrogens with zero attached hydrogens (tertiary/aromatic N) is 2. The molecule has 0 radical (unpaired) electrons. The van der Waals surface area contributed by atoms with Crippen LogP contribution < -0.4 is 9.80 Å². The molecule has 2 aliphatic rings. The molecule has 220 valence electrons. The van der Waals surface area contributed by atoms with Gasteiger partial charge in [0.05, 0.1) is 0 Å². The van der Waals surface area contributed by atoms with Gasteiger partial charge in [0.1, 0.15) is 11.2 Å². The van der Waals surface area contributed by atoms with Gasteiger partial charge in [-0.05, 0) is 88.8 Å². The Morgan fingerprint density at radius 2 is 1.27 bits per heavy atom. The predicted molar refractivity (Wildman–Crippen MR) is 171 cm³/mol. The van der Waals surface area contributed by atoms with E-state index >= 15 is 0 Å². The number of halogens is 1. The molecule has 6 nitrogen and oxygen atoms in total. The number of anilines is 2. The van der Waals surface area contributed by atoms with Crippen LogP contribution in [0.15, 0.2) is 40.9 Å². The minimum absolute atomic E-state index is 0.0540. The normalized spacial score (nSPS) is 18.5. The highest BCUT2D eigenvalue weighted by Crippen LogP contribution is 2.31. The Labute approximate surface area is 254 Å². The summed E-state index contributed by atoms with van der Waals surface area (Å²) in [7, 11) is 3.67. The number of carbonyl (C=O) groups is 2. The summed E-state index contributed by atoms with van der Waals surface area (Å²) in [6, 6.07) is 12.1. The summed E-state index contributed by atoms with van der Waals surface area (Å²) in [6.45, 7) is 10.4. The van der Waals surface area contributed by atoms with Gasteiger partial charge in [0.25, 0.3) is 0 Å². The molecule has 2 heterocycles. The average Bonchev–Trinajstić information content (AvgIpc) is 3.08. The van der Waals surface area contributed by atoms with Crippen molar-refractivity contribution in [1.29, 1.82) is 0 Å². The molecule has 41 heavy (non-hydrogen) atoms. The van der Waals surface area contributed by atoms with E-state index in [-0.39, 0.29) is 23.7 Å². The van der Waals surface area contributed by atoms with Crippen molar-refractivity contribution in [3.63, 3.8) is 0 Å². The van der Waals surface area contributed by atoms with Crippen LogP contribution in [0.1, 0.15) is 71.1 Å². The number of rotatable bonds is 0. The van der Waals surface area contributed by atoms with E-state index in [0.29, 0.717) is 0 Å². The second-order valence-electron chi connectivity index (χ2n) is 11.8. The van der Waals surface area contributed by atoms with Gasteiger partial charge in [-0.2, -0.15) is 0 Å². The van der Waals surface area contributed by atoms with Crippen molar-refractivity contribution in [2.24, 2.45) is 11.8 Å². The molecule has 0 saturated heterocycles. The van der Waals surface area contributed by atoms with Crippen LogP contribution in [0, 0.1) is 36.0 Å². The van der Waals surface area contributed by atoms with Gasteiger partial charge in [0.2, 0.25) is 11.8 Å². The van der Waals surface area contributed by atoms with Gasteiger partial charge in [0.15, 0.2) is 0 Å². The lowest BCUT2D eigenvalue weighted by Crippen LogP contribution is -2.30. The number of benzene rings is 2. The van der Waals surface area contributed by atoms with Crippen molar-refractivity contribution in [3.05, 3.63) is 57.6 Å². The molecule has 0 bridgehead atoms. The molecular weight excluding hydrogens is 580 g/mol. The maximum atomic E-state index is 12.2. The lowest BCUT2D eigenvalue weighted by atomic mass is 10.0. The number of carbonyl (C=O) groups excluding carboxylic acids is 2. The fourth-order valence-corrected chi connectivity index (χ4v) is 4.69. The Kier molecular flexibility index (Phi) is 11.8. The van der Waals surface area contributed by atoms with E-state index in [2.05, 4.69) is 39.8 Å². The highest BCUT2D eigenvalue weighted by molar-refractivity contribution is 9.10. The van der Waals surface area contributed by atoms with E-state index in [1.807, 2.05) is 58.3 Å². The molecular formula is C34H43BrN2O4. The third kappa shape index (κ3) is 10.3. The first kappa shape index (κ1) is 34.1. The summed E-state index contributed by atoms with van der Waals surface area (Å²) in [5.74, 6) is 8.47. The predicted octanol–water partition coefficient (Wildman–Crippen LogP) is 5.74. The topological polar surface area (TPSA) is 81.1 Å². The van der Waals surface area contributed by atoms with Crippen LogP contribution in [0.4, 0.5) is 11.4 Å². The molecule has 4 rings (SSSR count). The standard InChI is InChI=1S/C17H21NO2.C12H14BrNO.C5H8O/c1-12-5-7-14-8-6-13(9-10-17(2,3)20)11-15(14)18(4)16(12)19;1-8-3-4-9-5-6-10(13)7-11(9)14(2)12(8)15;1-4-5(2,3)6/h6,8,11-12,20H,5,7H2,1-4H3;5-8H,3-4H2,1-2H3;1,6H,2-3H3/t12-;8-;/m00./s1.